The van der Waals surface area contributed by atoms with Crippen LogP contribution in [0.2, 0.25) is 0 Å². The SMILES string of the molecule is C=C(CCC)c1ccc(OCCCCOc2ccc(OC=O)cc2OC)c(C)c1C. The summed E-state index contributed by atoms with van der Waals surface area (Å²) in [6.45, 7) is 12.2. The van der Waals surface area contributed by atoms with E-state index in [0.717, 1.165) is 31.4 Å². The monoisotopic (exact) mass is 412 g/mol. The van der Waals surface area contributed by atoms with Crippen molar-refractivity contribution in [3.63, 3.8) is 0 Å². The molecule has 2 rings (SSSR count). The van der Waals surface area contributed by atoms with E-state index in [0.29, 0.717) is 36.9 Å². The number of benzene rings is 2. The molecule has 0 bridgehead atoms. The highest BCUT2D eigenvalue weighted by Gasteiger charge is 2.10. The van der Waals surface area contributed by atoms with Gasteiger partial charge < -0.3 is 18.9 Å². The molecule has 0 unspecified atom stereocenters. The van der Waals surface area contributed by atoms with Crippen molar-refractivity contribution < 1.29 is 23.7 Å². The quantitative estimate of drug-likeness (QED) is 0.303. The Morgan fingerprint density at radius 1 is 0.967 bits per heavy atom. The van der Waals surface area contributed by atoms with Gasteiger partial charge in [-0.1, -0.05) is 26.0 Å². The molecule has 0 spiro atoms. The summed E-state index contributed by atoms with van der Waals surface area (Å²) in [6.07, 6.45) is 3.83. The summed E-state index contributed by atoms with van der Waals surface area (Å²) in [4.78, 5) is 10.4. The highest BCUT2D eigenvalue weighted by Crippen LogP contribution is 2.32. The van der Waals surface area contributed by atoms with E-state index in [2.05, 4.69) is 33.4 Å². The van der Waals surface area contributed by atoms with Crippen molar-refractivity contribution in [3.05, 3.63) is 53.6 Å². The summed E-state index contributed by atoms with van der Waals surface area (Å²) in [6, 6.07) is 9.18. The Balaban J connectivity index is 1.80. The van der Waals surface area contributed by atoms with Crippen LogP contribution in [0.4, 0.5) is 0 Å². The van der Waals surface area contributed by atoms with E-state index in [9.17, 15) is 4.79 Å². The Bertz CT molecular complexity index is 857. The Labute approximate surface area is 179 Å². The van der Waals surface area contributed by atoms with Crippen LogP contribution in [-0.2, 0) is 4.79 Å². The van der Waals surface area contributed by atoms with Gasteiger partial charge in [0.15, 0.2) is 11.5 Å². The van der Waals surface area contributed by atoms with Gasteiger partial charge in [0.25, 0.3) is 6.47 Å². The van der Waals surface area contributed by atoms with Gasteiger partial charge >= 0.3 is 0 Å². The molecule has 5 heteroatoms. The highest BCUT2D eigenvalue weighted by molar-refractivity contribution is 5.68. The topological polar surface area (TPSA) is 54.0 Å². The lowest BCUT2D eigenvalue weighted by atomic mass is 9.95. The summed E-state index contributed by atoms with van der Waals surface area (Å²) >= 11 is 0. The van der Waals surface area contributed by atoms with Crippen LogP contribution in [0.5, 0.6) is 23.0 Å². The summed E-state index contributed by atoms with van der Waals surface area (Å²) in [7, 11) is 1.55. The lowest BCUT2D eigenvalue weighted by Crippen LogP contribution is -2.05. The van der Waals surface area contributed by atoms with Gasteiger partial charge in [0, 0.05) is 6.07 Å². The second kappa shape index (κ2) is 11.9. The highest BCUT2D eigenvalue weighted by atomic mass is 16.5. The molecule has 2 aromatic rings. The molecule has 0 amide bonds. The van der Waals surface area contributed by atoms with E-state index < -0.39 is 0 Å². The molecule has 0 aliphatic rings. The predicted molar refractivity (Wildman–Crippen MR) is 120 cm³/mol. The second-order valence-corrected chi connectivity index (χ2v) is 7.15. The maximum absolute atomic E-state index is 10.4. The summed E-state index contributed by atoms with van der Waals surface area (Å²) in [5.74, 6) is 2.49. The largest absolute Gasteiger partial charge is 0.493 e. The molecule has 162 valence electrons. The Hall–Kier alpha value is -2.95. The molecule has 0 aliphatic heterocycles. The van der Waals surface area contributed by atoms with Crippen molar-refractivity contribution in [2.45, 2.75) is 46.5 Å². The Morgan fingerprint density at radius 3 is 2.27 bits per heavy atom. The van der Waals surface area contributed by atoms with Crippen LogP contribution in [0.1, 0.15) is 49.3 Å². The Morgan fingerprint density at radius 2 is 1.63 bits per heavy atom. The third-order valence-corrected chi connectivity index (χ3v) is 5.04. The maximum atomic E-state index is 10.4. The van der Waals surface area contributed by atoms with E-state index in [-0.39, 0.29) is 0 Å². The molecule has 0 aromatic heterocycles. The third-order valence-electron chi connectivity index (χ3n) is 5.04. The molecule has 0 atom stereocenters. The molecule has 0 saturated carbocycles. The molecule has 0 N–H and O–H groups in total. The fourth-order valence-electron chi connectivity index (χ4n) is 3.24. The van der Waals surface area contributed by atoms with E-state index in [1.54, 1.807) is 25.3 Å². The molecule has 5 nitrogen and oxygen atoms in total. The molecule has 0 heterocycles. The first-order valence-electron chi connectivity index (χ1n) is 10.3. The minimum absolute atomic E-state index is 0.383. The third kappa shape index (κ3) is 6.28. The van der Waals surface area contributed by atoms with Gasteiger partial charge in [-0.3, -0.25) is 4.79 Å². The summed E-state index contributed by atoms with van der Waals surface area (Å²) in [5, 5.41) is 0. The molecule has 0 saturated heterocycles. The number of rotatable bonds is 13. The number of ether oxygens (including phenoxy) is 4. The number of allylic oxidation sites excluding steroid dienone is 1. The zero-order chi connectivity index (χ0) is 21.9. The van der Waals surface area contributed by atoms with Crippen molar-refractivity contribution in [1.29, 1.82) is 0 Å². The number of unbranched alkanes of at least 4 members (excludes halogenated alkanes) is 1. The molecule has 30 heavy (non-hydrogen) atoms. The van der Waals surface area contributed by atoms with Crippen molar-refractivity contribution in [2.75, 3.05) is 20.3 Å². The van der Waals surface area contributed by atoms with Gasteiger partial charge in [0.2, 0.25) is 0 Å². The fraction of sp³-hybridized carbons (Fsp3) is 0.400. The van der Waals surface area contributed by atoms with Crippen molar-refractivity contribution in [1.82, 2.24) is 0 Å². The lowest BCUT2D eigenvalue weighted by molar-refractivity contribution is -0.120. The molecule has 0 radical (unpaired) electrons. The Kier molecular flexibility index (Phi) is 9.26. The minimum Gasteiger partial charge on any atom is -0.493 e. The van der Waals surface area contributed by atoms with Gasteiger partial charge in [-0.2, -0.15) is 0 Å². The van der Waals surface area contributed by atoms with Crippen LogP contribution in [0, 0.1) is 13.8 Å². The smallest absolute Gasteiger partial charge is 0.298 e. The van der Waals surface area contributed by atoms with Crippen LogP contribution in [-0.4, -0.2) is 26.8 Å². The first-order chi connectivity index (χ1) is 14.5. The van der Waals surface area contributed by atoms with Gasteiger partial charge in [0.1, 0.15) is 11.5 Å². The van der Waals surface area contributed by atoms with Gasteiger partial charge in [-0.25, -0.2) is 0 Å². The number of hydrogen-bond donors (Lipinski definition) is 0. The number of carbonyl (C=O) groups is 1. The molecular weight excluding hydrogens is 380 g/mol. The molecule has 0 aliphatic carbocycles. The van der Waals surface area contributed by atoms with E-state index >= 15 is 0 Å². The van der Waals surface area contributed by atoms with Gasteiger partial charge in [0.05, 0.1) is 20.3 Å². The summed E-state index contributed by atoms with van der Waals surface area (Å²) in [5.41, 5.74) is 4.82. The van der Waals surface area contributed by atoms with Crippen molar-refractivity contribution in [3.8, 4) is 23.0 Å². The number of carbonyl (C=O) groups excluding carboxylic acids is 1. The normalized spacial score (nSPS) is 10.4. The lowest BCUT2D eigenvalue weighted by Gasteiger charge is -2.16. The van der Waals surface area contributed by atoms with Gasteiger partial charge in [-0.05, 0) is 73.6 Å². The van der Waals surface area contributed by atoms with Crippen molar-refractivity contribution in [2.24, 2.45) is 0 Å². The number of methoxy groups -OCH3 is 1. The second-order valence-electron chi connectivity index (χ2n) is 7.15. The predicted octanol–water partition coefficient (Wildman–Crippen LogP) is 5.90. The average molecular weight is 413 g/mol. The van der Waals surface area contributed by atoms with Crippen LogP contribution in [0.15, 0.2) is 36.9 Å². The van der Waals surface area contributed by atoms with Crippen LogP contribution in [0.3, 0.4) is 0 Å². The molecule has 0 fully saturated rings. The first-order valence-corrected chi connectivity index (χ1v) is 10.3. The fourth-order valence-corrected chi connectivity index (χ4v) is 3.24. The van der Waals surface area contributed by atoms with E-state index in [1.807, 2.05) is 6.07 Å². The zero-order valence-corrected chi connectivity index (χ0v) is 18.5. The first kappa shape index (κ1) is 23.3. The van der Waals surface area contributed by atoms with Crippen LogP contribution >= 0.6 is 0 Å². The van der Waals surface area contributed by atoms with E-state index in [4.69, 9.17) is 18.9 Å². The number of hydrogen-bond acceptors (Lipinski definition) is 5. The minimum atomic E-state index is 0.383. The van der Waals surface area contributed by atoms with Gasteiger partial charge in [-0.15, -0.1) is 0 Å². The van der Waals surface area contributed by atoms with Crippen LogP contribution < -0.4 is 18.9 Å². The van der Waals surface area contributed by atoms with Crippen LogP contribution in [0.25, 0.3) is 5.57 Å². The average Bonchev–Trinajstić information content (AvgIpc) is 2.74. The van der Waals surface area contributed by atoms with E-state index in [1.165, 1.54) is 22.3 Å². The summed E-state index contributed by atoms with van der Waals surface area (Å²) < 4.78 is 21.9. The zero-order valence-electron chi connectivity index (χ0n) is 18.5. The standard InChI is InChI=1S/C25H32O5/c1-6-9-18(2)22-11-13-23(20(4)19(22)3)28-14-7-8-15-29-24-12-10-21(30-17-26)16-25(24)27-5/h10-13,16-17H,2,6-9,14-15H2,1,3-5H3. The molecule has 2 aromatic carbocycles. The maximum Gasteiger partial charge on any atom is 0.298 e. The molecular formula is C25H32O5. The van der Waals surface area contributed by atoms with Crippen molar-refractivity contribution >= 4 is 12.0 Å².